The second kappa shape index (κ2) is 8.32. The quantitative estimate of drug-likeness (QED) is 0.714. The molecule has 0 saturated carbocycles. The summed E-state index contributed by atoms with van der Waals surface area (Å²) in [6, 6.07) is 12.7. The molecule has 0 spiro atoms. The van der Waals surface area contributed by atoms with Gasteiger partial charge in [-0.05, 0) is 55.2 Å². The van der Waals surface area contributed by atoms with Crippen LogP contribution in [0.1, 0.15) is 24.0 Å². The predicted octanol–water partition coefficient (Wildman–Crippen LogP) is 2.99. The van der Waals surface area contributed by atoms with E-state index >= 15 is 0 Å². The van der Waals surface area contributed by atoms with Crippen LogP contribution in [0.15, 0.2) is 47.4 Å². The summed E-state index contributed by atoms with van der Waals surface area (Å²) in [6.45, 7) is 2.79. The number of ether oxygens (including phenoxy) is 1. The fourth-order valence-corrected chi connectivity index (χ4v) is 4.86. The fraction of sp³-hybridized carbons (Fsp3) is 0.381. The van der Waals surface area contributed by atoms with Crippen molar-refractivity contribution in [3.05, 3.63) is 53.6 Å². The summed E-state index contributed by atoms with van der Waals surface area (Å²) in [5.74, 6) is 0.841. The smallest absolute Gasteiger partial charge is 0.243 e. The van der Waals surface area contributed by atoms with Gasteiger partial charge in [-0.3, -0.25) is 4.79 Å². The normalized spacial score (nSPS) is 14.7. The lowest BCUT2D eigenvalue weighted by Crippen LogP contribution is -2.30. The van der Waals surface area contributed by atoms with Gasteiger partial charge in [0.25, 0.3) is 0 Å². The number of carbonyl (C=O) groups is 1. The van der Waals surface area contributed by atoms with Crippen molar-refractivity contribution < 1.29 is 17.9 Å². The number of likely N-dealkylation sites (N-methyl/N-ethyl adjacent to an activating group) is 1. The number of aryl methyl sites for hydroxylation is 1. The molecule has 1 aliphatic heterocycles. The number of rotatable bonds is 7. The second-order valence-electron chi connectivity index (χ2n) is 6.99. The van der Waals surface area contributed by atoms with E-state index in [2.05, 4.69) is 0 Å². The van der Waals surface area contributed by atoms with E-state index in [1.165, 1.54) is 4.31 Å². The van der Waals surface area contributed by atoms with Gasteiger partial charge in [0.2, 0.25) is 15.9 Å². The number of sulfonamides is 1. The van der Waals surface area contributed by atoms with E-state index in [1.54, 1.807) is 44.2 Å². The minimum Gasteiger partial charge on any atom is -0.496 e. The van der Waals surface area contributed by atoms with Crippen LogP contribution in [0.4, 0.5) is 5.69 Å². The molecule has 0 aliphatic carbocycles. The van der Waals surface area contributed by atoms with Crippen LogP contribution in [0, 0.1) is 6.92 Å². The highest BCUT2D eigenvalue weighted by Gasteiger charge is 2.26. The van der Waals surface area contributed by atoms with Crippen molar-refractivity contribution in [2.45, 2.75) is 31.1 Å². The summed E-state index contributed by atoms with van der Waals surface area (Å²) in [4.78, 5) is 13.9. The number of anilines is 1. The number of amides is 1. The molecule has 150 valence electrons. The molecule has 3 rings (SSSR count). The molecular weight excluding hydrogens is 376 g/mol. The third kappa shape index (κ3) is 4.05. The summed E-state index contributed by atoms with van der Waals surface area (Å²) in [5, 5.41) is 0. The molecule has 6 nitrogen and oxygen atoms in total. The number of methoxy groups -OCH3 is 1. The summed E-state index contributed by atoms with van der Waals surface area (Å²) in [5.41, 5.74) is 2.36. The Morgan fingerprint density at radius 3 is 2.57 bits per heavy atom. The van der Waals surface area contributed by atoms with Gasteiger partial charge in [0.05, 0.1) is 12.0 Å². The Morgan fingerprint density at radius 1 is 1.18 bits per heavy atom. The third-order valence-electron chi connectivity index (χ3n) is 5.12. The summed E-state index contributed by atoms with van der Waals surface area (Å²) in [6.07, 6.45) is 1.94. The van der Waals surface area contributed by atoms with E-state index in [4.69, 9.17) is 4.74 Å². The Morgan fingerprint density at radius 2 is 1.93 bits per heavy atom. The first-order valence-electron chi connectivity index (χ1n) is 9.34. The van der Waals surface area contributed by atoms with Crippen LogP contribution < -0.4 is 9.64 Å². The molecule has 1 heterocycles. The lowest BCUT2D eigenvalue weighted by Gasteiger charge is -2.21. The summed E-state index contributed by atoms with van der Waals surface area (Å²) < 4.78 is 32.8. The van der Waals surface area contributed by atoms with Gasteiger partial charge >= 0.3 is 0 Å². The zero-order valence-electron chi connectivity index (χ0n) is 16.5. The zero-order chi connectivity index (χ0) is 20.3. The highest BCUT2D eigenvalue weighted by molar-refractivity contribution is 7.89. The molecule has 2 aromatic carbocycles. The van der Waals surface area contributed by atoms with Crippen LogP contribution in [-0.2, 0) is 21.2 Å². The molecule has 1 fully saturated rings. The number of carbonyl (C=O) groups excluding carboxylic acids is 1. The van der Waals surface area contributed by atoms with Crippen LogP contribution in [0.3, 0.4) is 0 Å². The molecular formula is C21H26N2O4S. The molecule has 28 heavy (non-hydrogen) atoms. The van der Waals surface area contributed by atoms with Crippen LogP contribution in [0.25, 0.3) is 0 Å². The Hall–Kier alpha value is -2.38. The number of hydrogen-bond acceptors (Lipinski definition) is 4. The van der Waals surface area contributed by atoms with E-state index < -0.39 is 10.0 Å². The largest absolute Gasteiger partial charge is 0.496 e. The Labute approximate surface area is 166 Å². The standard InChI is InChI=1S/C21H26N2O4S/c1-16-15-18(23-13-6-9-21(23)24)10-11-20(16)28(25,26)22(2)14-12-17-7-4-5-8-19(17)27-3/h4-5,7-8,10-11,15H,6,9,12-14H2,1-3H3. The number of hydrogen-bond donors (Lipinski definition) is 0. The van der Waals surface area contributed by atoms with Gasteiger partial charge in [-0.1, -0.05) is 18.2 Å². The molecule has 0 bridgehead atoms. The van der Waals surface area contributed by atoms with Gasteiger partial charge in [-0.15, -0.1) is 0 Å². The van der Waals surface area contributed by atoms with Crippen LogP contribution in [0.2, 0.25) is 0 Å². The lowest BCUT2D eigenvalue weighted by molar-refractivity contribution is -0.117. The van der Waals surface area contributed by atoms with E-state index in [-0.39, 0.29) is 10.8 Å². The Balaban J connectivity index is 1.77. The topological polar surface area (TPSA) is 66.9 Å². The zero-order valence-corrected chi connectivity index (χ0v) is 17.3. The van der Waals surface area contributed by atoms with Crippen molar-refractivity contribution in [1.82, 2.24) is 4.31 Å². The van der Waals surface area contributed by atoms with Gasteiger partial charge in [-0.25, -0.2) is 12.7 Å². The first-order valence-corrected chi connectivity index (χ1v) is 10.8. The van der Waals surface area contributed by atoms with E-state index in [1.807, 2.05) is 24.3 Å². The maximum atomic E-state index is 13.0. The molecule has 0 N–H and O–H groups in total. The lowest BCUT2D eigenvalue weighted by atomic mass is 10.1. The minimum absolute atomic E-state index is 0.0870. The number of benzene rings is 2. The maximum absolute atomic E-state index is 13.0. The van der Waals surface area contributed by atoms with Crippen LogP contribution >= 0.6 is 0 Å². The van der Waals surface area contributed by atoms with Crippen LogP contribution in [0.5, 0.6) is 5.75 Å². The fourth-order valence-electron chi connectivity index (χ4n) is 3.49. The van der Waals surface area contributed by atoms with Crippen molar-refractivity contribution in [1.29, 1.82) is 0 Å². The van der Waals surface area contributed by atoms with E-state index in [0.717, 1.165) is 23.4 Å². The molecule has 1 amide bonds. The first kappa shape index (κ1) is 20.4. The molecule has 0 radical (unpaired) electrons. The highest BCUT2D eigenvalue weighted by atomic mass is 32.2. The molecule has 7 heteroatoms. The first-order chi connectivity index (χ1) is 13.3. The van der Waals surface area contributed by atoms with Crippen molar-refractivity contribution in [2.75, 3.05) is 32.1 Å². The Kier molecular flexibility index (Phi) is 6.05. The van der Waals surface area contributed by atoms with Crippen molar-refractivity contribution in [2.24, 2.45) is 0 Å². The van der Waals surface area contributed by atoms with Crippen LogP contribution in [-0.4, -0.2) is 45.9 Å². The Bertz CT molecular complexity index is 972. The van der Waals surface area contributed by atoms with Crippen molar-refractivity contribution in [3.8, 4) is 5.75 Å². The SMILES string of the molecule is COc1ccccc1CCN(C)S(=O)(=O)c1ccc(N2CCCC2=O)cc1C. The van der Waals surface area contributed by atoms with Crippen molar-refractivity contribution >= 4 is 21.6 Å². The second-order valence-corrected chi connectivity index (χ2v) is 9.00. The molecule has 0 unspecified atom stereocenters. The summed E-state index contributed by atoms with van der Waals surface area (Å²) in [7, 11) is -0.432. The molecule has 0 aromatic heterocycles. The number of nitrogens with zero attached hydrogens (tertiary/aromatic N) is 2. The molecule has 0 atom stereocenters. The third-order valence-corrected chi connectivity index (χ3v) is 7.14. The molecule has 1 saturated heterocycles. The van der Waals surface area contributed by atoms with E-state index in [9.17, 15) is 13.2 Å². The van der Waals surface area contributed by atoms with Gasteiger partial charge < -0.3 is 9.64 Å². The van der Waals surface area contributed by atoms with Gasteiger partial charge in [0.15, 0.2) is 0 Å². The van der Waals surface area contributed by atoms with Crippen molar-refractivity contribution in [3.63, 3.8) is 0 Å². The molecule has 1 aliphatic rings. The maximum Gasteiger partial charge on any atom is 0.243 e. The van der Waals surface area contributed by atoms with Gasteiger partial charge in [0.1, 0.15) is 5.75 Å². The predicted molar refractivity (Wildman–Crippen MR) is 109 cm³/mol. The highest BCUT2D eigenvalue weighted by Crippen LogP contribution is 2.27. The van der Waals surface area contributed by atoms with Gasteiger partial charge in [-0.2, -0.15) is 0 Å². The number of para-hydroxylation sites is 1. The minimum atomic E-state index is -3.62. The van der Waals surface area contributed by atoms with Gasteiger partial charge in [0, 0.05) is 32.2 Å². The molecule has 2 aromatic rings. The average molecular weight is 403 g/mol. The van der Waals surface area contributed by atoms with E-state index in [0.29, 0.717) is 31.5 Å². The summed E-state index contributed by atoms with van der Waals surface area (Å²) >= 11 is 0. The average Bonchev–Trinajstić information content (AvgIpc) is 3.11. The monoisotopic (exact) mass is 402 g/mol.